The van der Waals surface area contributed by atoms with Gasteiger partial charge in [-0.25, -0.2) is 0 Å². The highest BCUT2D eigenvalue weighted by molar-refractivity contribution is 5.86. The maximum Gasteiger partial charge on any atom is 0.244 e. The second-order valence-corrected chi connectivity index (χ2v) is 5.92. The van der Waals surface area contributed by atoms with Crippen molar-refractivity contribution < 1.29 is 9.53 Å². The summed E-state index contributed by atoms with van der Waals surface area (Å²) in [6, 6.07) is 10.1. The summed E-state index contributed by atoms with van der Waals surface area (Å²) in [5.74, 6) is -0.352. The summed E-state index contributed by atoms with van der Waals surface area (Å²) < 4.78 is 5.92. The summed E-state index contributed by atoms with van der Waals surface area (Å²) in [5.41, 5.74) is 5.75. The molecule has 0 heterocycles. The Balaban J connectivity index is 1.83. The minimum Gasteiger partial charge on any atom is -0.375 e. The third kappa shape index (κ3) is 2.72. The molecule has 2 saturated carbocycles. The van der Waals surface area contributed by atoms with Crippen molar-refractivity contribution in [2.75, 3.05) is 6.61 Å². The summed E-state index contributed by atoms with van der Waals surface area (Å²) in [5, 5.41) is 3.42. The Hall–Kier alpha value is -1.39. The molecule has 2 fully saturated rings. The lowest BCUT2D eigenvalue weighted by Gasteiger charge is -2.35. The average molecular weight is 274 g/mol. The molecule has 0 spiro atoms. The van der Waals surface area contributed by atoms with Crippen molar-refractivity contribution in [1.82, 2.24) is 5.32 Å². The van der Waals surface area contributed by atoms with E-state index in [1.54, 1.807) is 0 Å². The maximum atomic E-state index is 12.2. The maximum absolute atomic E-state index is 12.2. The van der Waals surface area contributed by atoms with Gasteiger partial charge in [0.15, 0.2) is 0 Å². The van der Waals surface area contributed by atoms with E-state index in [0.29, 0.717) is 18.8 Å². The van der Waals surface area contributed by atoms with Crippen LogP contribution in [-0.2, 0) is 15.1 Å². The summed E-state index contributed by atoms with van der Waals surface area (Å²) in [4.78, 5) is 12.2. The molecule has 0 saturated heterocycles. The summed E-state index contributed by atoms with van der Waals surface area (Å²) in [6.45, 7) is 0.327. The van der Waals surface area contributed by atoms with Crippen molar-refractivity contribution in [3.05, 3.63) is 35.9 Å². The molecule has 0 aliphatic heterocycles. The predicted octanol–water partition coefficient (Wildman–Crippen LogP) is 1.69. The minimum atomic E-state index is -0.891. The van der Waals surface area contributed by atoms with Crippen molar-refractivity contribution in [1.29, 1.82) is 0 Å². The number of nitrogens with one attached hydrogen (secondary N) is 1. The number of hydrogen-bond acceptors (Lipinski definition) is 3. The molecule has 4 nitrogen and oxygen atoms in total. The molecule has 0 bridgehead atoms. The Kier molecular flexibility index (Phi) is 3.76. The fraction of sp³-hybridized carbons (Fsp3) is 0.562. The second kappa shape index (κ2) is 5.54. The van der Waals surface area contributed by atoms with Gasteiger partial charge in [0.05, 0.1) is 12.7 Å². The van der Waals surface area contributed by atoms with Crippen LogP contribution in [0.3, 0.4) is 0 Å². The van der Waals surface area contributed by atoms with Gasteiger partial charge in [0.2, 0.25) is 5.91 Å². The number of rotatable bonds is 7. The average Bonchev–Trinajstić information content (AvgIpc) is 3.20. The lowest BCUT2D eigenvalue weighted by molar-refractivity contribution is -0.130. The Morgan fingerprint density at radius 2 is 1.95 bits per heavy atom. The van der Waals surface area contributed by atoms with Gasteiger partial charge >= 0.3 is 0 Å². The molecule has 20 heavy (non-hydrogen) atoms. The molecular formula is C16H22N2O2. The molecule has 0 aromatic heterocycles. The lowest BCUT2D eigenvalue weighted by atomic mass is 9.88. The highest BCUT2D eigenvalue weighted by Gasteiger charge is 2.43. The van der Waals surface area contributed by atoms with Gasteiger partial charge in [-0.2, -0.15) is 0 Å². The van der Waals surface area contributed by atoms with E-state index in [-0.39, 0.29) is 5.91 Å². The van der Waals surface area contributed by atoms with E-state index in [9.17, 15) is 4.79 Å². The van der Waals surface area contributed by atoms with Crippen LogP contribution < -0.4 is 11.1 Å². The molecule has 108 valence electrons. The van der Waals surface area contributed by atoms with Crippen LogP contribution in [0.4, 0.5) is 0 Å². The zero-order valence-electron chi connectivity index (χ0n) is 11.7. The monoisotopic (exact) mass is 274 g/mol. The van der Waals surface area contributed by atoms with Crippen LogP contribution in [0.1, 0.15) is 37.7 Å². The normalized spacial score (nSPS) is 22.0. The molecule has 3 rings (SSSR count). The van der Waals surface area contributed by atoms with Gasteiger partial charge in [-0.05, 0) is 37.7 Å². The fourth-order valence-electron chi connectivity index (χ4n) is 2.57. The molecule has 4 heteroatoms. The highest BCUT2D eigenvalue weighted by atomic mass is 16.5. The summed E-state index contributed by atoms with van der Waals surface area (Å²) in [7, 11) is 0. The molecule has 1 unspecified atom stereocenters. The van der Waals surface area contributed by atoms with Crippen molar-refractivity contribution in [2.45, 2.75) is 49.8 Å². The Labute approximate surface area is 119 Å². The summed E-state index contributed by atoms with van der Waals surface area (Å²) >= 11 is 0. The zero-order chi connectivity index (χ0) is 14.0. The quantitative estimate of drug-likeness (QED) is 0.795. The van der Waals surface area contributed by atoms with E-state index in [0.717, 1.165) is 31.2 Å². The van der Waals surface area contributed by atoms with Crippen molar-refractivity contribution in [3.63, 3.8) is 0 Å². The zero-order valence-corrected chi connectivity index (χ0v) is 11.7. The van der Waals surface area contributed by atoms with Crippen LogP contribution in [0.2, 0.25) is 0 Å². The lowest BCUT2D eigenvalue weighted by Crippen LogP contribution is -2.57. The number of hydrogen-bond donors (Lipinski definition) is 2. The number of primary amides is 1. The van der Waals surface area contributed by atoms with E-state index >= 15 is 0 Å². The van der Waals surface area contributed by atoms with Gasteiger partial charge in [-0.15, -0.1) is 0 Å². The first-order chi connectivity index (χ1) is 9.71. The number of nitrogens with two attached hydrogens (primary N) is 1. The van der Waals surface area contributed by atoms with Gasteiger partial charge in [-0.3, -0.25) is 10.1 Å². The largest absolute Gasteiger partial charge is 0.375 e. The van der Waals surface area contributed by atoms with E-state index in [2.05, 4.69) is 5.32 Å². The number of benzene rings is 1. The third-order valence-corrected chi connectivity index (χ3v) is 4.30. The van der Waals surface area contributed by atoms with Crippen LogP contribution in [0.15, 0.2) is 30.3 Å². The molecule has 1 amide bonds. The van der Waals surface area contributed by atoms with Gasteiger partial charge in [0.1, 0.15) is 5.54 Å². The number of carbonyl (C=O) groups excluding carboxylic acids is 1. The molecule has 0 radical (unpaired) electrons. The standard InChI is InChI=1S/C16H22N2O2/c17-15(19)16(18-13-9-10-13,11-20-14-7-4-8-14)12-5-2-1-3-6-12/h1-3,5-6,13-14,18H,4,7-11H2,(H2,17,19). The first-order valence-corrected chi connectivity index (χ1v) is 7.45. The van der Waals surface area contributed by atoms with Gasteiger partial charge in [0, 0.05) is 6.04 Å². The van der Waals surface area contributed by atoms with Crippen LogP contribution in [0, 0.1) is 0 Å². The predicted molar refractivity (Wildman–Crippen MR) is 77.1 cm³/mol. The molecule has 1 aromatic rings. The molecule has 2 aliphatic carbocycles. The van der Waals surface area contributed by atoms with Crippen molar-refractivity contribution in [3.8, 4) is 0 Å². The number of amides is 1. The topological polar surface area (TPSA) is 64.4 Å². The van der Waals surface area contributed by atoms with Crippen molar-refractivity contribution in [2.24, 2.45) is 5.73 Å². The Morgan fingerprint density at radius 1 is 1.25 bits per heavy atom. The summed E-state index contributed by atoms with van der Waals surface area (Å²) in [6.07, 6.45) is 5.89. The van der Waals surface area contributed by atoms with Crippen LogP contribution >= 0.6 is 0 Å². The van der Waals surface area contributed by atoms with Gasteiger partial charge in [-0.1, -0.05) is 30.3 Å². The number of carbonyl (C=O) groups is 1. The molecule has 3 N–H and O–H groups in total. The van der Waals surface area contributed by atoms with Gasteiger partial charge < -0.3 is 10.5 Å². The van der Waals surface area contributed by atoms with E-state index in [4.69, 9.17) is 10.5 Å². The second-order valence-electron chi connectivity index (χ2n) is 5.92. The van der Waals surface area contributed by atoms with Crippen molar-refractivity contribution >= 4 is 5.91 Å². The van der Waals surface area contributed by atoms with E-state index in [1.165, 1.54) is 6.42 Å². The molecule has 1 aromatic carbocycles. The minimum absolute atomic E-state index is 0.290. The number of ether oxygens (including phenoxy) is 1. The molecule has 1 atom stereocenters. The first-order valence-electron chi connectivity index (χ1n) is 7.45. The smallest absolute Gasteiger partial charge is 0.244 e. The van der Waals surface area contributed by atoms with Crippen LogP contribution in [0.25, 0.3) is 0 Å². The highest BCUT2D eigenvalue weighted by Crippen LogP contribution is 2.31. The first kappa shape index (κ1) is 13.6. The van der Waals surface area contributed by atoms with E-state index < -0.39 is 5.54 Å². The Bertz CT molecular complexity index is 469. The molecule has 2 aliphatic rings. The third-order valence-electron chi connectivity index (χ3n) is 4.30. The Morgan fingerprint density at radius 3 is 2.45 bits per heavy atom. The van der Waals surface area contributed by atoms with E-state index in [1.807, 2.05) is 30.3 Å². The van der Waals surface area contributed by atoms with Crippen LogP contribution in [-0.4, -0.2) is 24.7 Å². The fourth-order valence-corrected chi connectivity index (χ4v) is 2.57. The van der Waals surface area contributed by atoms with Gasteiger partial charge in [0.25, 0.3) is 0 Å². The molecular weight excluding hydrogens is 252 g/mol. The SMILES string of the molecule is NC(=O)C(COC1CCC1)(NC1CC1)c1ccccc1. The van der Waals surface area contributed by atoms with Crippen LogP contribution in [0.5, 0.6) is 0 Å².